The first-order valence-electron chi connectivity index (χ1n) is 6.87. The fourth-order valence-electron chi connectivity index (χ4n) is 2.58. The van der Waals surface area contributed by atoms with Crippen LogP contribution in [0, 0.1) is 12.8 Å². The van der Waals surface area contributed by atoms with Gasteiger partial charge in [-0.2, -0.15) is 0 Å². The highest BCUT2D eigenvalue weighted by molar-refractivity contribution is 6.37. The van der Waals surface area contributed by atoms with Gasteiger partial charge in [0.1, 0.15) is 6.26 Å². The molecule has 1 N–H and O–H groups in total. The lowest BCUT2D eigenvalue weighted by Crippen LogP contribution is -2.22. The first-order valence-corrected chi connectivity index (χ1v) is 7.63. The lowest BCUT2D eigenvalue weighted by atomic mass is 10.0. The number of nitrogens with zero attached hydrogens (tertiary/aromatic N) is 1. The van der Waals surface area contributed by atoms with Crippen LogP contribution < -0.4 is 10.1 Å². The molecule has 1 unspecified atom stereocenters. The lowest BCUT2D eigenvalue weighted by Gasteiger charge is -2.23. The summed E-state index contributed by atoms with van der Waals surface area (Å²) in [4.78, 5) is 4.23. The van der Waals surface area contributed by atoms with Crippen LogP contribution in [-0.2, 0) is 0 Å². The second kappa shape index (κ2) is 6.26. The number of hydrogen-bond acceptors (Lipinski definition) is 4. The Hall–Kier alpha value is -1.23. The van der Waals surface area contributed by atoms with Gasteiger partial charge >= 0.3 is 0 Å². The maximum Gasteiger partial charge on any atom is 0.235 e. The summed E-state index contributed by atoms with van der Waals surface area (Å²) < 4.78 is 11.5. The van der Waals surface area contributed by atoms with Crippen molar-refractivity contribution in [3.8, 4) is 5.75 Å². The quantitative estimate of drug-likeness (QED) is 0.921. The molecule has 0 aliphatic carbocycles. The van der Waals surface area contributed by atoms with Gasteiger partial charge in [-0.1, -0.05) is 23.2 Å². The second-order valence-corrected chi connectivity index (χ2v) is 6.03. The first kappa shape index (κ1) is 14.7. The number of oxazole rings is 1. The molecule has 0 radical (unpaired) electrons. The van der Waals surface area contributed by atoms with Crippen LogP contribution in [-0.4, -0.2) is 18.1 Å². The summed E-state index contributed by atoms with van der Waals surface area (Å²) in [7, 11) is 0. The standard InChI is InChI=1S/C15H16Cl2N2O2/c1-9-6-11(16)14(12(17)7-9)21-13(10-2-3-18-8-10)15-19-4-5-20-15/h4-7,10,13,18H,2-3,8H2,1H3/t10-,13?/m0/s1. The van der Waals surface area contributed by atoms with Crippen molar-refractivity contribution >= 4 is 23.2 Å². The van der Waals surface area contributed by atoms with Gasteiger partial charge in [-0.05, 0) is 37.6 Å². The van der Waals surface area contributed by atoms with E-state index in [0.717, 1.165) is 25.1 Å². The van der Waals surface area contributed by atoms with E-state index in [1.807, 2.05) is 19.1 Å². The summed E-state index contributed by atoms with van der Waals surface area (Å²) in [6.45, 7) is 3.75. The van der Waals surface area contributed by atoms with Crippen molar-refractivity contribution in [1.82, 2.24) is 10.3 Å². The molecule has 6 heteroatoms. The molecule has 1 aromatic heterocycles. The Morgan fingerprint density at radius 2 is 2.14 bits per heavy atom. The third kappa shape index (κ3) is 3.18. The van der Waals surface area contributed by atoms with Crippen molar-refractivity contribution in [1.29, 1.82) is 0 Å². The van der Waals surface area contributed by atoms with Gasteiger partial charge in [-0.15, -0.1) is 0 Å². The van der Waals surface area contributed by atoms with Gasteiger partial charge in [-0.3, -0.25) is 0 Å². The van der Waals surface area contributed by atoms with E-state index < -0.39 is 0 Å². The van der Waals surface area contributed by atoms with Crippen LogP contribution in [0.25, 0.3) is 0 Å². The Bertz CT molecular complexity index is 587. The fourth-order valence-corrected chi connectivity index (χ4v) is 3.27. The summed E-state index contributed by atoms with van der Waals surface area (Å²) in [5, 5.41) is 4.33. The number of halogens is 2. The molecular formula is C15H16Cl2N2O2. The van der Waals surface area contributed by atoms with E-state index in [4.69, 9.17) is 32.4 Å². The number of hydrogen-bond donors (Lipinski definition) is 1. The molecule has 0 bridgehead atoms. The van der Waals surface area contributed by atoms with Gasteiger partial charge in [0.15, 0.2) is 11.9 Å². The highest BCUT2D eigenvalue weighted by Gasteiger charge is 2.32. The number of benzene rings is 1. The minimum absolute atomic E-state index is 0.275. The van der Waals surface area contributed by atoms with Gasteiger partial charge in [-0.25, -0.2) is 4.98 Å². The molecule has 112 valence electrons. The molecule has 0 spiro atoms. The third-order valence-corrected chi connectivity index (χ3v) is 4.17. The largest absolute Gasteiger partial charge is 0.477 e. The number of nitrogens with one attached hydrogen (secondary N) is 1. The molecule has 2 aromatic rings. The molecule has 1 fully saturated rings. The van der Waals surface area contributed by atoms with E-state index >= 15 is 0 Å². The lowest BCUT2D eigenvalue weighted by molar-refractivity contribution is 0.114. The first-order chi connectivity index (χ1) is 10.1. The summed E-state index contributed by atoms with van der Waals surface area (Å²) in [6, 6.07) is 3.67. The van der Waals surface area contributed by atoms with Gasteiger partial charge in [0.05, 0.1) is 16.2 Å². The van der Waals surface area contributed by atoms with Crippen molar-refractivity contribution in [2.45, 2.75) is 19.4 Å². The topological polar surface area (TPSA) is 47.3 Å². The van der Waals surface area contributed by atoms with Crippen molar-refractivity contribution in [2.75, 3.05) is 13.1 Å². The van der Waals surface area contributed by atoms with Crippen molar-refractivity contribution in [3.05, 3.63) is 46.1 Å². The van der Waals surface area contributed by atoms with E-state index in [-0.39, 0.29) is 12.0 Å². The van der Waals surface area contributed by atoms with Crippen LogP contribution in [0.2, 0.25) is 10.0 Å². The van der Waals surface area contributed by atoms with Crippen LogP contribution in [0.15, 0.2) is 29.0 Å². The molecule has 3 rings (SSSR count). The Kier molecular flexibility index (Phi) is 4.38. The smallest absolute Gasteiger partial charge is 0.235 e. The highest BCUT2D eigenvalue weighted by atomic mass is 35.5. The summed E-state index contributed by atoms with van der Waals surface area (Å²) in [5.74, 6) is 1.31. The minimum Gasteiger partial charge on any atom is -0.477 e. The SMILES string of the molecule is Cc1cc(Cl)c(OC(c2ncco2)[C@H]2CCNC2)c(Cl)c1. The van der Waals surface area contributed by atoms with Crippen LogP contribution in [0.3, 0.4) is 0 Å². The normalized spacial score (nSPS) is 19.7. The van der Waals surface area contributed by atoms with Crippen molar-refractivity contribution in [2.24, 2.45) is 5.92 Å². The van der Waals surface area contributed by atoms with Gasteiger partial charge < -0.3 is 14.5 Å². The Morgan fingerprint density at radius 3 is 2.71 bits per heavy atom. The van der Waals surface area contributed by atoms with Gasteiger partial charge in [0.2, 0.25) is 5.89 Å². The molecule has 1 saturated heterocycles. The summed E-state index contributed by atoms with van der Waals surface area (Å²) in [5.41, 5.74) is 0.993. The molecule has 2 heterocycles. The second-order valence-electron chi connectivity index (χ2n) is 5.22. The molecule has 0 saturated carbocycles. The molecular weight excluding hydrogens is 311 g/mol. The Morgan fingerprint density at radius 1 is 1.38 bits per heavy atom. The summed E-state index contributed by atoms with van der Waals surface area (Å²) in [6.07, 6.45) is 3.86. The van der Waals surface area contributed by atoms with E-state index in [1.54, 1.807) is 12.5 Å². The maximum atomic E-state index is 6.27. The van der Waals surface area contributed by atoms with Crippen LogP contribution in [0.1, 0.15) is 24.0 Å². The highest BCUT2D eigenvalue weighted by Crippen LogP contribution is 2.39. The molecule has 1 aliphatic heterocycles. The number of rotatable bonds is 4. The van der Waals surface area contributed by atoms with E-state index in [1.165, 1.54) is 0 Å². The summed E-state index contributed by atoms with van der Waals surface area (Å²) >= 11 is 12.5. The van der Waals surface area contributed by atoms with Gasteiger partial charge in [0.25, 0.3) is 0 Å². The fraction of sp³-hybridized carbons (Fsp3) is 0.400. The zero-order valence-corrected chi connectivity index (χ0v) is 13.1. The van der Waals surface area contributed by atoms with E-state index in [2.05, 4.69) is 10.3 Å². The van der Waals surface area contributed by atoms with Crippen molar-refractivity contribution < 1.29 is 9.15 Å². The van der Waals surface area contributed by atoms with Gasteiger partial charge in [0, 0.05) is 12.5 Å². The minimum atomic E-state index is -0.298. The number of ether oxygens (including phenoxy) is 1. The molecule has 4 nitrogen and oxygen atoms in total. The average molecular weight is 327 g/mol. The average Bonchev–Trinajstić information content (AvgIpc) is 3.11. The van der Waals surface area contributed by atoms with Crippen LogP contribution >= 0.6 is 23.2 Å². The Balaban J connectivity index is 1.91. The molecule has 21 heavy (non-hydrogen) atoms. The van der Waals surface area contributed by atoms with E-state index in [9.17, 15) is 0 Å². The molecule has 1 aromatic carbocycles. The predicted octanol–water partition coefficient (Wildman–Crippen LogP) is 4.02. The van der Waals surface area contributed by atoms with E-state index in [0.29, 0.717) is 21.7 Å². The number of aromatic nitrogens is 1. The number of aryl methyl sites for hydroxylation is 1. The Labute approximate surface area is 133 Å². The molecule has 2 atom stereocenters. The zero-order chi connectivity index (χ0) is 14.8. The maximum absolute atomic E-state index is 6.27. The monoisotopic (exact) mass is 326 g/mol. The molecule has 1 aliphatic rings. The predicted molar refractivity (Wildman–Crippen MR) is 82.0 cm³/mol. The van der Waals surface area contributed by atoms with Crippen LogP contribution in [0.4, 0.5) is 0 Å². The zero-order valence-electron chi connectivity index (χ0n) is 11.6. The molecule has 0 amide bonds. The third-order valence-electron chi connectivity index (χ3n) is 3.61. The van der Waals surface area contributed by atoms with Crippen LogP contribution in [0.5, 0.6) is 5.75 Å². The van der Waals surface area contributed by atoms with Crippen molar-refractivity contribution in [3.63, 3.8) is 0 Å².